The zero-order valence-corrected chi connectivity index (χ0v) is 21.6. The molecule has 0 saturated carbocycles. The molecule has 0 aromatic heterocycles. The largest absolute Gasteiger partial charge is 0.348 e. The molecule has 0 aliphatic rings. The average Bonchev–Trinajstić information content (AvgIpc) is 2.92. The first-order chi connectivity index (χ1) is 17.6. The first-order valence-corrected chi connectivity index (χ1v) is 13.1. The summed E-state index contributed by atoms with van der Waals surface area (Å²) in [7, 11) is 0. The van der Waals surface area contributed by atoms with Crippen LogP contribution in [-0.2, 0) is 19.4 Å². The third-order valence-electron chi connectivity index (χ3n) is 6.40. The van der Waals surface area contributed by atoms with E-state index < -0.39 is 0 Å². The lowest BCUT2D eigenvalue weighted by Crippen LogP contribution is -2.22. The van der Waals surface area contributed by atoms with Gasteiger partial charge in [-0.1, -0.05) is 104 Å². The molecule has 2 nitrogen and oxygen atoms in total. The minimum Gasteiger partial charge on any atom is -0.348 e. The maximum Gasteiger partial charge on any atom is 0.251 e. The predicted octanol–water partition coefficient (Wildman–Crippen LogP) is 8.46. The molecule has 4 aromatic rings. The summed E-state index contributed by atoms with van der Waals surface area (Å²) in [5.41, 5.74) is 7.66. The van der Waals surface area contributed by atoms with Gasteiger partial charge in [-0.05, 0) is 83.3 Å². The zero-order chi connectivity index (χ0) is 25.2. The number of carbonyl (C=O) groups excluding carboxylic acids is 1. The highest BCUT2D eigenvalue weighted by atomic mass is 35.5. The maximum absolute atomic E-state index is 12.8. The molecule has 0 atom stereocenters. The molecule has 4 aromatic carbocycles. The second-order valence-corrected chi connectivity index (χ2v) is 9.63. The van der Waals surface area contributed by atoms with Crippen molar-refractivity contribution >= 4 is 17.5 Å². The molecule has 183 valence electrons. The van der Waals surface area contributed by atoms with E-state index in [9.17, 15) is 4.79 Å². The molecule has 0 heterocycles. The minimum atomic E-state index is -0.0585. The van der Waals surface area contributed by atoms with Gasteiger partial charge in [0.15, 0.2) is 0 Å². The SMILES string of the molecule is CCCCCc1ccc(CNC(=O)c2cccc(-c3ccc([CH]Cc4ccc(Cl)cc4)cc3)c2)cc1. The van der Waals surface area contributed by atoms with Crippen molar-refractivity contribution in [1.82, 2.24) is 5.32 Å². The number of carbonyl (C=O) groups is 1. The van der Waals surface area contributed by atoms with Crippen molar-refractivity contribution in [2.45, 2.75) is 45.6 Å². The summed E-state index contributed by atoms with van der Waals surface area (Å²) in [6.45, 7) is 2.75. The van der Waals surface area contributed by atoms with Gasteiger partial charge in [-0.3, -0.25) is 4.79 Å². The number of amides is 1. The van der Waals surface area contributed by atoms with Crippen molar-refractivity contribution in [2.75, 3.05) is 0 Å². The lowest BCUT2D eigenvalue weighted by molar-refractivity contribution is 0.0951. The fraction of sp³-hybridized carbons (Fsp3) is 0.212. The van der Waals surface area contributed by atoms with Crippen LogP contribution in [0.4, 0.5) is 0 Å². The van der Waals surface area contributed by atoms with E-state index in [1.54, 1.807) is 0 Å². The summed E-state index contributed by atoms with van der Waals surface area (Å²) < 4.78 is 0. The third-order valence-corrected chi connectivity index (χ3v) is 6.65. The maximum atomic E-state index is 12.8. The Hall–Kier alpha value is -3.36. The molecule has 0 aliphatic carbocycles. The van der Waals surface area contributed by atoms with Crippen molar-refractivity contribution in [3.8, 4) is 11.1 Å². The Bertz CT molecular complexity index is 1240. The molecule has 1 radical (unpaired) electrons. The van der Waals surface area contributed by atoms with E-state index in [4.69, 9.17) is 11.6 Å². The van der Waals surface area contributed by atoms with Gasteiger partial charge < -0.3 is 5.32 Å². The summed E-state index contributed by atoms with van der Waals surface area (Å²) in [6.07, 6.45) is 7.91. The molecule has 0 saturated heterocycles. The second-order valence-electron chi connectivity index (χ2n) is 9.19. The summed E-state index contributed by atoms with van der Waals surface area (Å²) >= 11 is 5.97. The molecular weight excluding hydrogens is 462 g/mol. The van der Waals surface area contributed by atoms with Gasteiger partial charge in [-0.2, -0.15) is 0 Å². The van der Waals surface area contributed by atoms with Gasteiger partial charge in [0, 0.05) is 17.1 Å². The van der Waals surface area contributed by atoms with Crippen LogP contribution in [0.25, 0.3) is 11.1 Å². The predicted molar refractivity (Wildman–Crippen MR) is 151 cm³/mol. The smallest absolute Gasteiger partial charge is 0.251 e. The molecule has 3 heteroatoms. The van der Waals surface area contributed by atoms with Crippen molar-refractivity contribution in [2.24, 2.45) is 0 Å². The van der Waals surface area contributed by atoms with E-state index in [2.05, 4.69) is 67.2 Å². The van der Waals surface area contributed by atoms with E-state index in [-0.39, 0.29) is 5.91 Å². The molecule has 0 unspecified atom stereocenters. The fourth-order valence-corrected chi connectivity index (χ4v) is 4.32. The Balaban J connectivity index is 1.31. The van der Waals surface area contributed by atoms with Crippen LogP contribution in [-0.4, -0.2) is 5.91 Å². The van der Waals surface area contributed by atoms with Crippen LogP contribution in [0.3, 0.4) is 0 Å². The van der Waals surface area contributed by atoms with Gasteiger partial charge in [0.2, 0.25) is 0 Å². The van der Waals surface area contributed by atoms with Crippen LogP contribution in [0.1, 0.15) is 58.8 Å². The standard InChI is InChI=1S/C33H33ClNO/c1-2-3-4-6-25-11-13-28(14-12-25)24-35-33(36)31-8-5-7-30(23-31)29-19-15-26(16-20-29)9-10-27-17-21-32(34)22-18-27/h5,7-9,11-23H,2-4,6,10,24H2,1H3,(H,35,36). The quantitative estimate of drug-likeness (QED) is 0.208. The first kappa shape index (κ1) is 25.7. The first-order valence-electron chi connectivity index (χ1n) is 12.7. The van der Waals surface area contributed by atoms with Crippen molar-refractivity contribution < 1.29 is 4.79 Å². The van der Waals surface area contributed by atoms with Gasteiger partial charge in [-0.25, -0.2) is 0 Å². The Labute approximate surface area is 220 Å². The topological polar surface area (TPSA) is 29.1 Å². The summed E-state index contributed by atoms with van der Waals surface area (Å²) in [4.78, 5) is 12.8. The molecule has 1 amide bonds. The highest BCUT2D eigenvalue weighted by molar-refractivity contribution is 6.30. The molecule has 36 heavy (non-hydrogen) atoms. The summed E-state index contributed by atoms with van der Waals surface area (Å²) in [5.74, 6) is -0.0585. The number of unbranched alkanes of at least 4 members (excludes halogenated alkanes) is 2. The molecule has 1 N–H and O–H groups in total. The molecule has 4 rings (SSSR count). The van der Waals surface area contributed by atoms with Crippen LogP contribution in [0.5, 0.6) is 0 Å². The lowest BCUT2D eigenvalue weighted by Gasteiger charge is -2.09. The minimum absolute atomic E-state index is 0.0585. The van der Waals surface area contributed by atoms with E-state index in [0.29, 0.717) is 12.1 Å². The second kappa shape index (κ2) is 13.1. The van der Waals surface area contributed by atoms with Crippen LogP contribution >= 0.6 is 11.6 Å². The van der Waals surface area contributed by atoms with Crippen LogP contribution in [0, 0.1) is 6.42 Å². The highest BCUT2D eigenvalue weighted by Crippen LogP contribution is 2.22. The number of benzene rings is 4. The molecule has 0 fully saturated rings. The third kappa shape index (κ3) is 7.57. The van der Waals surface area contributed by atoms with Gasteiger partial charge in [0.1, 0.15) is 0 Å². The number of rotatable bonds is 11. The summed E-state index contributed by atoms with van der Waals surface area (Å²) in [5, 5.41) is 3.81. The number of nitrogens with one attached hydrogen (secondary N) is 1. The normalized spacial score (nSPS) is 10.8. The van der Waals surface area contributed by atoms with E-state index in [1.807, 2.05) is 48.5 Å². The zero-order valence-electron chi connectivity index (χ0n) is 20.8. The van der Waals surface area contributed by atoms with Gasteiger partial charge in [0.25, 0.3) is 5.91 Å². The molecule has 0 aliphatic heterocycles. The lowest BCUT2D eigenvalue weighted by atomic mass is 9.99. The molecule has 0 bridgehead atoms. The van der Waals surface area contributed by atoms with Gasteiger partial charge in [-0.15, -0.1) is 0 Å². The molecular formula is C33H33ClNO. The van der Waals surface area contributed by atoms with E-state index in [0.717, 1.165) is 34.6 Å². The highest BCUT2D eigenvalue weighted by Gasteiger charge is 2.08. The number of halogens is 1. The van der Waals surface area contributed by atoms with Crippen molar-refractivity contribution in [1.29, 1.82) is 0 Å². The van der Waals surface area contributed by atoms with E-state index >= 15 is 0 Å². The van der Waals surface area contributed by atoms with Crippen LogP contribution in [0.15, 0.2) is 97.1 Å². The Morgan fingerprint density at radius 1 is 0.778 bits per heavy atom. The van der Waals surface area contributed by atoms with Crippen LogP contribution < -0.4 is 5.32 Å². The van der Waals surface area contributed by atoms with Gasteiger partial charge >= 0.3 is 0 Å². The number of hydrogen-bond acceptors (Lipinski definition) is 1. The van der Waals surface area contributed by atoms with Crippen LogP contribution in [0.2, 0.25) is 5.02 Å². The van der Waals surface area contributed by atoms with E-state index in [1.165, 1.54) is 36.0 Å². The Morgan fingerprint density at radius 3 is 2.19 bits per heavy atom. The Morgan fingerprint density at radius 2 is 1.47 bits per heavy atom. The van der Waals surface area contributed by atoms with Crippen molar-refractivity contribution in [3.63, 3.8) is 0 Å². The molecule has 0 spiro atoms. The monoisotopic (exact) mass is 494 g/mol. The summed E-state index contributed by atoms with van der Waals surface area (Å²) in [6, 6.07) is 32.8. The fourth-order valence-electron chi connectivity index (χ4n) is 4.20. The number of hydrogen-bond donors (Lipinski definition) is 1. The van der Waals surface area contributed by atoms with Crippen molar-refractivity contribution in [3.05, 3.63) is 136 Å². The van der Waals surface area contributed by atoms with Gasteiger partial charge in [0.05, 0.1) is 0 Å². The average molecular weight is 495 g/mol. The Kier molecular flexibility index (Phi) is 9.35. The number of aryl methyl sites for hydroxylation is 1.